The summed E-state index contributed by atoms with van der Waals surface area (Å²) in [6.45, 7) is 1.86. The van der Waals surface area contributed by atoms with Gasteiger partial charge in [0.15, 0.2) is 5.76 Å². The van der Waals surface area contributed by atoms with E-state index >= 15 is 0 Å². The molecule has 0 saturated carbocycles. The fourth-order valence-corrected chi connectivity index (χ4v) is 1.85. The van der Waals surface area contributed by atoms with Gasteiger partial charge in [0.1, 0.15) is 11.5 Å². The molecule has 0 unspecified atom stereocenters. The van der Waals surface area contributed by atoms with Crippen molar-refractivity contribution >= 4 is 11.6 Å². The molecule has 1 heterocycles. The number of methoxy groups -OCH3 is 2. The number of rotatable bonds is 4. The second-order valence-corrected chi connectivity index (χ2v) is 3.91. The second-order valence-electron chi connectivity index (χ2n) is 3.91. The maximum atomic E-state index is 11.9. The van der Waals surface area contributed by atoms with E-state index in [4.69, 9.17) is 13.9 Å². The molecule has 1 aromatic carbocycles. The van der Waals surface area contributed by atoms with Gasteiger partial charge in [0.2, 0.25) is 0 Å². The monoisotopic (exact) mass is 261 g/mol. The molecular formula is C14H15NO4. The molecule has 0 saturated heterocycles. The number of ether oxygens (including phenoxy) is 2. The fraction of sp³-hybridized carbons (Fsp3) is 0.214. The molecule has 0 aliphatic rings. The molecule has 19 heavy (non-hydrogen) atoms. The molecule has 0 spiro atoms. The molecule has 2 rings (SSSR count). The molecule has 5 nitrogen and oxygen atoms in total. The zero-order valence-electron chi connectivity index (χ0n) is 11.0. The minimum atomic E-state index is -0.326. The van der Waals surface area contributed by atoms with E-state index in [9.17, 15) is 4.79 Å². The van der Waals surface area contributed by atoms with Crippen molar-refractivity contribution in [3.8, 4) is 11.5 Å². The van der Waals surface area contributed by atoms with Crippen LogP contribution in [0.2, 0.25) is 0 Å². The predicted molar refractivity (Wildman–Crippen MR) is 70.9 cm³/mol. The van der Waals surface area contributed by atoms with Crippen LogP contribution in [0.25, 0.3) is 0 Å². The van der Waals surface area contributed by atoms with Gasteiger partial charge in [-0.05, 0) is 31.2 Å². The minimum absolute atomic E-state index is 0.246. The molecule has 5 heteroatoms. The summed E-state index contributed by atoms with van der Waals surface area (Å²) in [6, 6.07) is 6.75. The number of carbonyl (C=O) groups excluding carboxylic acids is 1. The Hall–Kier alpha value is -2.43. The molecule has 1 aromatic heterocycles. The van der Waals surface area contributed by atoms with Crippen molar-refractivity contribution in [2.24, 2.45) is 0 Å². The zero-order chi connectivity index (χ0) is 13.8. The summed E-state index contributed by atoms with van der Waals surface area (Å²) in [5.74, 6) is 1.19. The van der Waals surface area contributed by atoms with E-state index < -0.39 is 0 Å². The highest BCUT2D eigenvalue weighted by Gasteiger charge is 2.15. The Morgan fingerprint density at radius 1 is 1.21 bits per heavy atom. The van der Waals surface area contributed by atoms with E-state index in [1.807, 2.05) is 6.92 Å². The number of furan rings is 1. The van der Waals surface area contributed by atoms with Gasteiger partial charge < -0.3 is 19.2 Å². The summed E-state index contributed by atoms with van der Waals surface area (Å²) < 4.78 is 15.6. The fourth-order valence-electron chi connectivity index (χ4n) is 1.85. The average molecular weight is 261 g/mol. The second kappa shape index (κ2) is 5.48. The Morgan fingerprint density at radius 3 is 2.58 bits per heavy atom. The normalized spacial score (nSPS) is 10.1. The Morgan fingerprint density at radius 2 is 2.00 bits per heavy atom. The third-order valence-electron chi connectivity index (χ3n) is 2.77. The number of nitrogens with one attached hydrogen (secondary N) is 1. The summed E-state index contributed by atoms with van der Waals surface area (Å²) in [7, 11) is 3.13. The molecule has 0 aliphatic carbocycles. The predicted octanol–water partition coefficient (Wildman–Crippen LogP) is 2.86. The first-order chi connectivity index (χ1) is 9.17. The highest BCUT2D eigenvalue weighted by atomic mass is 16.5. The molecule has 0 radical (unpaired) electrons. The molecule has 0 fully saturated rings. The molecule has 100 valence electrons. The first-order valence-corrected chi connectivity index (χ1v) is 5.73. The van der Waals surface area contributed by atoms with Gasteiger partial charge in [-0.1, -0.05) is 0 Å². The highest BCUT2D eigenvalue weighted by Crippen LogP contribution is 2.35. The molecule has 0 atom stereocenters. The maximum Gasteiger partial charge on any atom is 0.291 e. The van der Waals surface area contributed by atoms with Crippen LogP contribution in [-0.2, 0) is 0 Å². The summed E-state index contributed by atoms with van der Waals surface area (Å²) in [4.78, 5) is 11.9. The van der Waals surface area contributed by atoms with Crippen LogP contribution in [0.3, 0.4) is 0 Å². The van der Waals surface area contributed by atoms with E-state index in [1.165, 1.54) is 6.26 Å². The van der Waals surface area contributed by atoms with Crippen LogP contribution in [0.5, 0.6) is 11.5 Å². The van der Waals surface area contributed by atoms with Crippen molar-refractivity contribution < 1.29 is 18.7 Å². The molecule has 0 aliphatic heterocycles. The van der Waals surface area contributed by atoms with Crippen LogP contribution >= 0.6 is 0 Å². The largest absolute Gasteiger partial charge is 0.496 e. The minimum Gasteiger partial charge on any atom is -0.496 e. The van der Waals surface area contributed by atoms with Crippen molar-refractivity contribution in [2.75, 3.05) is 19.5 Å². The van der Waals surface area contributed by atoms with Crippen LogP contribution in [0.15, 0.2) is 34.9 Å². The topological polar surface area (TPSA) is 60.7 Å². The Labute approximate surface area is 111 Å². The summed E-state index contributed by atoms with van der Waals surface area (Å²) in [5, 5.41) is 2.74. The number of benzene rings is 1. The first kappa shape index (κ1) is 13.0. The standard InChI is InChI=1S/C14H15NO4/c1-9-11(17-2)7-6-10(13(9)18-3)15-14(16)12-5-4-8-19-12/h4-8H,1-3H3,(H,15,16). The van der Waals surface area contributed by atoms with Crippen LogP contribution in [0, 0.1) is 6.92 Å². The lowest BCUT2D eigenvalue weighted by Gasteiger charge is -2.14. The Kier molecular flexibility index (Phi) is 3.75. The smallest absolute Gasteiger partial charge is 0.291 e. The summed E-state index contributed by atoms with van der Waals surface area (Å²) in [6.07, 6.45) is 1.45. The number of amides is 1. The third-order valence-corrected chi connectivity index (χ3v) is 2.77. The first-order valence-electron chi connectivity index (χ1n) is 5.73. The number of carbonyl (C=O) groups is 1. The van der Waals surface area contributed by atoms with Gasteiger partial charge in [-0.25, -0.2) is 0 Å². The number of anilines is 1. The van der Waals surface area contributed by atoms with Crippen molar-refractivity contribution in [3.63, 3.8) is 0 Å². The van der Waals surface area contributed by atoms with Crippen LogP contribution in [0.1, 0.15) is 16.1 Å². The van der Waals surface area contributed by atoms with Gasteiger partial charge in [0, 0.05) is 5.56 Å². The van der Waals surface area contributed by atoms with Crippen LogP contribution in [0.4, 0.5) is 5.69 Å². The molecule has 1 N–H and O–H groups in total. The zero-order valence-corrected chi connectivity index (χ0v) is 11.0. The molecule has 2 aromatic rings. The van der Waals surface area contributed by atoms with E-state index in [0.29, 0.717) is 17.2 Å². The number of hydrogen-bond donors (Lipinski definition) is 1. The van der Waals surface area contributed by atoms with E-state index in [0.717, 1.165) is 5.56 Å². The van der Waals surface area contributed by atoms with Crippen molar-refractivity contribution in [3.05, 3.63) is 41.9 Å². The van der Waals surface area contributed by atoms with Gasteiger partial charge in [-0.3, -0.25) is 4.79 Å². The summed E-state index contributed by atoms with van der Waals surface area (Å²) in [5.41, 5.74) is 1.39. The lowest BCUT2D eigenvalue weighted by Crippen LogP contribution is -2.12. The molecular weight excluding hydrogens is 246 g/mol. The van der Waals surface area contributed by atoms with E-state index in [-0.39, 0.29) is 11.7 Å². The quantitative estimate of drug-likeness (QED) is 0.919. The maximum absolute atomic E-state index is 11.9. The summed E-state index contributed by atoms with van der Waals surface area (Å²) >= 11 is 0. The van der Waals surface area contributed by atoms with Crippen molar-refractivity contribution in [1.82, 2.24) is 0 Å². The molecule has 0 bridgehead atoms. The van der Waals surface area contributed by atoms with Gasteiger partial charge >= 0.3 is 0 Å². The third kappa shape index (κ3) is 2.54. The Balaban J connectivity index is 2.30. The van der Waals surface area contributed by atoms with Gasteiger partial charge in [-0.15, -0.1) is 0 Å². The van der Waals surface area contributed by atoms with Crippen LogP contribution < -0.4 is 14.8 Å². The SMILES string of the molecule is COc1ccc(NC(=O)c2ccco2)c(OC)c1C. The lowest BCUT2D eigenvalue weighted by molar-refractivity contribution is 0.0996. The van der Waals surface area contributed by atoms with Gasteiger partial charge in [0.25, 0.3) is 5.91 Å². The van der Waals surface area contributed by atoms with Crippen molar-refractivity contribution in [1.29, 1.82) is 0 Å². The van der Waals surface area contributed by atoms with E-state index in [2.05, 4.69) is 5.32 Å². The lowest BCUT2D eigenvalue weighted by atomic mass is 10.1. The van der Waals surface area contributed by atoms with Crippen molar-refractivity contribution in [2.45, 2.75) is 6.92 Å². The molecule has 1 amide bonds. The Bertz CT molecular complexity index is 575. The van der Waals surface area contributed by atoms with Crippen LogP contribution in [-0.4, -0.2) is 20.1 Å². The van der Waals surface area contributed by atoms with Gasteiger partial charge in [0.05, 0.1) is 26.2 Å². The average Bonchev–Trinajstić information content (AvgIpc) is 2.93. The van der Waals surface area contributed by atoms with E-state index in [1.54, 1.807) is 38.5 Å². The number of hydrogen-bond acceptors (Lipinski definition) is 4. The highest BCUT2D eigenvalue weighted by molar-refractivity contribution is 6.03. The van der Waals surface area contributed by atoms with Gasteiger partial charge in [-0.2, -0.15) is 0 Å².